The number of rotatable bonds is 2. The summed E-state index contributed by atoms with van der Waals surface area (Å²) in [5.41, 5.74) is 1.27. The molecule has 1 aliphatic rings. The molecule has 1 aromatic rings. The summed E-state index contributed by atoms with van der Waals surface area (Å²) in [5, 5.41) is 3.59. The van der Waals surface area contributed by atoms with Crippen LogP contribution in [0.5, 0.6) is 0 Å². The maximum Gasteiger partial charge on any atom is 0.0342 e. The van der Waals surface area contributed by atoms with Crippen molar-refractivity contribution in [1.82, 2.24) is 0 Å². The Bertz CT molecular complexity index is 255. The molecule has 1 aliphatic carbocycles. The number of anilines is 1. The van der Waals surface area contributed by atoms with Gasteiger partial charge in [-0.2, -0.15) is 0 Å². The molecule has 1 aromatic carbocycles. The predicted octanol–water partition coefficient (Wildman–Crippen LogP) is 3.29. The number of hydrogen-bond donors (Lipinski definition) is 1. The fourth-order valence-electron chi connectivity index (χ4n) is 2.11. The predicted molar refractivity (Wildman–Crippen MR) is 56.9 cm³/mol. The number of para-hydroxylation sites is 1. The van der Waals surface area contributed by atoms with Gasteiger partial charge in [0.25, 0.3) is 0 Å². The minimum Gasteiger partial charge on any atom is -0.382 e. The number of benzene rings is 1. The lowest BCUT2D eigenvalue weighted by atomic mass is 10.1. The monoisotopic (exact) mass is 175 g/mol. The third-order valence-corrected chi connectivity index (χ3v) is 2.99. The Morgan fingerprint density at radius 2 is 1.92 bits per heavy atom. The van der Waals surface area contributed by atoms with Gasteiger partial charge < -0.3 is 5.32 Å². The van der Waals surface area contributed by atoms with Gasteiger partial charge in [0.2, 0.25) is 0 Å². The average Bonchev–Trinajstić information content (AvgIpc) is 2.54. The van der Waals surface area contributed by atoms with Crippen LogP contribution in [0.2, 0.25) is 0 Å². The average molecular weight is 175 g/mol. The highest BCUT2D eigenvalue weighted by Gasteiger charge is 2.22. The minimum absolute atomic E-state index is 0.697. The molecule has 1 heteroatoms. The normalized spacial score (nSPS) is 27.5. The molecule has 1 saturated carbocycles. The van der Waals surface area contributed by atoms with E-state index in [4.69, 9.17) is 0 Å². The van der Waals surface area contributed by atoms with Crippen molar-refractivity contribution in [2.45, 2.75) is 32.2 Å². The minimum atomic E-state index is 0.697. The van der Waals surface area contributed by atoms with E-state index in [1.54, 1.807) is 0 Å². The van der Waals surface area contributed by atoms with E-state index in [1.165, 1.54) is 24.9 Å². The topological polar surface area (TPSA) is 12.0 Å². The zero-order valence-electron chi connectivity index (χ0n) is 8.16. The largest absolute Gasteiger partial charge is 0.382 e. The van der Waals surface area contributed by atoms with Crippen molar-refractivity contribution < 1.29 is 0 Å². The molecule has 2 rings (SSSR count). The quantitative estimate of drug-likeness (QED) is 0.727. The summed E-state index contributed by atoms with van der Waals surface area (Å²) in [7, 11) is 0. The van der Waals surface area contributed by atoms with Crippen molar-refractivity contribution >= 4 is 5.69 Å². The third kappa shape index (κ3) is 2.03. The molecule has 0 radical (unpaired) electrons. The molecule has 0 aliphatic heterocycles. The lowest BCUT2D eigenvalue weighted by Gasteiger charge is -2.18. The molecule has 1 N–H and O–H groups in total. The highest BCUT2D eigenvalue weighted by molar-refractivity contribution is 5.43. The Labute approximate surface area is 80.2 Å². The zero-order valence-corrected chi connectivity index (χ0v) is 8.16. The van der Waals surface area contributed by atoms with E-state index >= 15 is 0 Å². The van der Waals surface area contributed by atoms with Crippen molar-refractivity contribution in [2.75, 3.05) is 5.32 Å². The molecule has 0 amide bonds. The molecular weight excluding hydrogens is 158 g/mol. The Morgan fingerprint density at radius 3 is 2.54 bits per heavy atom. The maximum absolute atomic E-state index is 3.59. The van der Waals surface area contributed by atoms with Gasteiger partial charge in [0.1, 0.15) is 0 Å². The summed E-state index contributed by atoms with van der Waals surface area (Å²) >= 11 is 0. The van der Waals surface area contributed by atoms with Crippen LogP contribution in [0.15, 0.2) is 30.3 Å². The van der Waals surface area contributed by atoms with Crippen molar-refractivity contribution in [2.24, 2.45) is 5.92 Å². The van der Waals surface area contributed by atoms with Crippen LogP contribution in [-0.4, -0.2) is 6.04 Å². The molecule has 1 nitrogen and oxygen atoms in total. The summed E-state index contributed by atoms with van der Waals surface area (Å²) in [6.45, 7) is 2.34. The van der Waals surface area contributed by atoms with Gasteiger partial charge in [0.05, 0.1) is 0 Å². The van der Waals surface area contributed by atoms with Crippen LogP contribution in [0.3, 0.4) is 0 Å². The van der Waals surface area contributed by atoms with Crippen LogP contribution in [0.25, 0.3) is 0 Å². The van der Waals surface area contributed by atoms with Gasteiger partial charge in [-0.25, -0.2) is 0 Å². The molecule has 13 heavy (non-hydrogen) atoms. The van der Waals surface area contributed by atoms with Gasteiger partial charge in [0.15, 0.2) is 0 Å². The third-order valence-electron chi connectivity index (χ3n) is 2.99. The molecule has 0 bridgehead atoms. The number of nitrogens with one attached hydrogen (secondary N) is 1. The molecule has 2 atom stereocenters. The van der Waals surface area contributed by atoms with E-state index in [9.17, 15) is 0 Å². The van der Waals surface area contributed by atoms with Gasteiger partial charge >= 0.3 is 0 Å². The Kier molecular flexibility index (Phi) is 2.53. The van der Waals surface area contributed by atoms with E-state index in [0.29, 0.717) is 6.04 Å². The van der Waals surface area contributed by atoms with Crippen LogP contribution < -0.4 is 5.32 Å². The van der Waals surface area contributed by atoms with Crippen molar-refractivity contribution in [1.29, 1.82) is 0 Å². The second kappa shape index (κ2) is 3.82. The van der Waals surface area contributed by atoms with Gasteiger partial charge in [-0.3, -0.25) is 0 Å². The first-order valence-electron chi connectivity index (χ1n) is 5.18. The lowest BCUT2D eigenvalue weighted by molar-refractivity contribution is 0.556. The van der Waals surface area contributed by atoms with Crippen molar-refractivity contribution in [3.8, 4) is 0 Å². The Balaban J connectivity index is 1.98. The molecule has 0 heterocycles. The van der Waals surface area contributed by atoms with Crippen LogP contribution in [-0.2, 0) is 0 Å². The van der Waals surface area contributed by atoms with Crippen LogP contribution in [0.4, 0.5) is 5.69 Å². The SMILES string of the molecule is C[C@@H]1CCC[C@H]1Nc1ccccc1. The first-order chi connectivity index (χ1) is 6.36. The lowest BCUT2D eigenvalue weighted by Crippen LogP contribution is -2.21. The molecule has 0 unspecified atom stereocenters. The fourth-order valence-corrected chi connectivity index (χ4v) is 2.11. The van der Waals surface area contributed by atoms with E-state index in [-0.39, 0.29) is 0 Å². The molecular formula is C12H17N. The summed E-state index contributed by atoms with van der Waals surface area (Å²) in [4.78, 5) is 0. The first-order valence-corrected chi connectivity index (χ1v) is 5.18. The highest BCUT2D eigenvalue weighted by Crippen LogP contribution is 2.27. The smallest absolute Gasteiger partial charge is 0.0342 e. The van der Waals surface area contributed by atoms with Gasteiger partial charge in [-0.15, -0.1) is 0 Å². The maximum atomic E-state index is 3.59. The molecule has 1 fully saturated rings. The van der Waals surface area contributed by atoms with E-state index in [0.717, 1.165) is 5.92 Å². The molecule has 0 spiro atoms. The van der Waals surface area contributed by atoms with E-state index < -0.39 is 0 Å². The van der Waals surface area contributed by atoms with Gasteiger partial charge in [-0.1, -0.05) is 31.5 Å². The Morgan fingerprint density at radius 1 is 1.15 bits per heavy atom. The van der Waals surface area contributed by atoms with Gasteiger partial charge in [-0.05, 0) is 30.9 Å². The Hall–Kier alpha value is -0.980. The summed E-state index contributed by atoms with van der Waals surface area (Å²) in [6, 6.07) is 11.2. The fraction of sp³-hybridized carbons (Fsp3) is 0.500. The second-order valence-electron chi connectivity index (χ2n) is 4.03. The van der Waals surface area contributed by atoms with Crippen molar-refractivity contribution in [3.05, 3.63) is 30.3 Å². The van der Waals surface area contributed by atoms with Crippen LogP contribution in [0, 0.1) is 5.92 Å². The van der Waals surface area contributed by atoms with E-state index in [1.807, 2.05) is 0 Å². The second-order valence-corrected chi connectivity index (χ2v) is 4.03. The molecule has 0 saturated heterocycles. The molecule has 0 aromatic heterocycles. The number of hydrogen-bond acceptors (Lipinski definition) is 1. The first kappa shape index (κ1) is 8.61. The van der Waals surface area contributed by atoms with Gasteiger partial charge in [0, 0.05) is 11.7 Å². The van der Waals surface area contributed by atoms with Crippen LogP contribution >= 0.6 is 0 Å². The van der Waals surface area contributed by atoms with Crippen molar-refractivity contribution in [3.63, 3.8) is 0 Å². The summed E-state index contributed by atoms with van der Waals surface area (Å²) in [6.07, 6.45) is 4.09. The highest BCUT2D eigenvalue weighted by atomic mass is 14.9. The van der Waals surface area contributed by atoms with E-state index in [2.05, 4.69) is 42.6 Å². The summed E-state index contributed by atoms with van der Waals surface area (Å²) < 4.78 is 0. The molecule has 70 valence electrons. The van der Waals surface area contributed by atoms with Crippen LogP contribution in [0.1, 0.15) is 26.2 Å². The standard InChI is InChI=1S/C12H17N/c1-10-6-5-9-12(10)13-11-7-3-2-4-8-11/h2-4,7-8,10,12-13H,5-6,9H2,1H3/t10-,12-/m1/s1. The summed E-state index contributed by atoms with van der Waals surface area (Å²) in [5.74, 6) is 0.834. The zero-order chi connectivity index (χ0) is 9.10.